The first-order valence-corrected chi connectivity index (χ1v) is 3.68. The van der Waals surface area contributed by atoms with E-state index in [0.717, 1.165) is 0 Å². The van der Waals surface area contributed by atoms with Gasteiger partial charge >= 0.3 is 0 Å². The minimum absolute atomic E-state index is 0.0625. The van der Waals surface area contributed by atoms with E-state index in [1.165, 1.54) is 6.92 Å². The summed E-state index contributed by atoms with van der Waals surface area (Å²) in [6.45, 7) is 8.86. The van der Waals surface area contributed by atoms with Gasteiger partial charge in [0.2, 0.25) is 0 Å². The first-order valence-electron chi connectivity index (χ1n) is 3.68. The molecule has 0 aromatic carbocycles. The van der Waals surface area contributed by atoms with Crippen molar-refractivity contribution in [1.29, 1.82) is 5.26 Å². The zero-order chi connectivity index (χ0) is 9.28. The van der Waals surface area contributed by atoms with Crippen molar-refractivity contribution >= 4 is 5.78 Å². The molecule has 0 N–H and O–H groups in total. The Kier molecular flexibility index (Phi) is 2.45. The maximum absolute atomic E-state index is 11.1. The lowest BCUT2D eigenvalue weighted by Crippen LogP contribution is -2.37. The molecule has 0 amide bonds. The number of ketones is 1. The van der Waals surface area contributed by atoms with Gasteiger partial charge in [0.25, 0.3) is 0 Å². The lowest BCUT2D eigenvalue weighted by Gasteiger charge is -2.33. The molecular weight excluding hydrogens is 138 g/mol. The summed E-state index contributed by atoms with van der Waals surface area (Å²) >= 11 is 0. The second-order valence-corrected chi connectivity index (χ2v) is 4.04. The van der Waals surface area contributed by atoms with Crippen molar-refractivity contribution < 1.29 is 4.79 Å². The molecule has 0 fully saturated rings. The van der Waals surface area contributed by atoms with Gasteiger partial charge in [-0.15, -0.1) is 0 Å². The number of carbonyl (C=O) groups is 1. The predicted octanol–water partition coefficient (Wildman–Crippen LogP) is 2.15. The maximum atomic E-state index is 11.1. The monoisotopic (exact) mass is 153 g/mol. The van der Waals surface area contributed by atoms with E-state index in [-0.39, 0.29) is 11.2 Å². The van der Waals surface area contributed by atoms with Gasteiger partial charge in [0.1, 0.15) is 11.2 Å². The minimum atomic E-state index is -0.854. The lowest BCUT2D eigenvalue weighted by atomic mass is 9.67. The second-order valence-electron chi connectivity index (χ2n) is 4.04. The summed E-state index contributed by atoms with van der Waals surface area (Å²) in [5, 5.41) is 8.82. The van der Waals surface area contributed by atoms with Crippen molar-refractivity contribution in [1.82, 2.24) is 0 Å². The molecule has 0 heterocycles. The van der Waals surface area contributed by atoms with Crippen LogP contribution in [0.1, 0.15) is 34.6 Å². The Bertz CT molecular complexity index is 207. The third kappa shape index (κ3) is 1.59. The number of Topliss-reactive ketones (excluding diaryl/α,β-unsaturated/α-hetero) is 1. The summed E-state index contributed by atoms with van der Waals surface area (Å²) in [6.07, 6.45) is 0. The fraction of sp³-hybridized carbons (Fsp3) is 0.778. The van der Waals surface area contributed by atoms with Crippen LogP contribution in [0.15, 0.2) is 0 Å². The van der Waals surface area contributed by atoms with Gasteiger partial charge in [0.15, 0.2) is 0 Å². The molecule has 0 saturated heterocycles. The highest BCUT2D eigenvalue weighted by molar-refractivity contribution is 5.85. The molecule has 0 spiro atoms. The van der Waals surface area contributed by atoms with Gasteiger partial charge in [0.05, 0.1) is 6.07 Å². The Morgan fingerprint density at radius 3 is 1.64 bits per heavy atom. The van der Waals surface area contributed by atoms with Gasteiger partial charge in [-0.05, 0) is 19.3 Å². The molecule has 2 nitrogen and oxygen atoms in total. The second kappa shape index (κ2) is 2.65. The first kappa shape index (κ1) is 10.2. The molecule has 0 radical (unpaired) electrons. The lowest BCUT2D eigenvalue weighted by molar-refractivity contribution is -0.127. The molecule has 1 unspecified atom stereocenters. The fourth-order valence-electron chi connectivity index (χ4n) is 0.775. The van der Waals surface area contributed by atoms with E-state index in [9.17, 15) is 4.79 Å². The third-order valence-electron chi connectivity index (χ3n) is 2.43. The van der Waals surface area contributed by atoms with Crippen LogP contribution < -0.4 is 0 Å². The molecule has 62 valence electrons. The fourth-order valence-corrected chi connectivity index (χ4v) is 0.775. The van der Waals surface area contributed by atoms with Crippen LogP contribution in [-0.2, 0) is 4.79 Å². The molecular formula is C9H15NO. The van der Waals surface area contributed by atoms with E-state index in [1.807, 2.05) is 20.8 Å². The summed E-state index contributed by atoms with van der Waals surface area (Å²) in [6, 6.07) is 2.07. The minimum Gasteiger partial charge on any atom is -0.298 e. The Morgan fingerprint density at radius 1 is 1.27 bits per heavy atom. The smallest absolute Gasteiger partial charge is 0.150 e. The van der Waals surface area contributed by atoms with Crippen LogP contribution in [0.2, 0.25) is 0 Å². The molecule has 0 aliphatic heterocycles. The highest BCUT2D eigenvalue weighted by Crippen LogP contribution is 2.38. The highest BCUT2D eigenvalue weighted by atomic mass is 16.1. The maximum Gasteiger partial charge on any atom is 0.150 e. The topological polar surface area (TPSA) is 40.9 Å². The van der Waals surface area contributed by atoms with Crippen molar-refractivity contribution in [3.8, 4) is 6.07 Å². The number of nitriles is 1. The number of hydrogen-bond acceptors (Lipinski definition) is 2. The number of nitrogens with zero attached hydrogens (tertiary/aromatic N) is 1. The van der Waals surface area contributed by atoms with Gasteiger partial charge in [-0.1, -0.05) is 20.8 Å². The normalized spacial score (nSPS) is 16.7. The molecule has 2 heteroatoms. The molecule has 11 heavy (non-hydrogen) atoms. The van der Waals surface area contributed by atoms with Crippen LogP contribution in [0.5, 0.6) is 0 Å². The Hall–Kier alpha value is -0.840. The van der Waals surface area contributed by atoms with Crippen molar-refractivity contribution in [3.63, 3.8) is 0 Å². The summed E-state index contributed by atoms with van der Waals surface area (Å²) in [5.41, 5.74) is -1.14. The Balaban J connectivity index is 4.96. The van der Waals surface area contributed by atoms with Crippen LogP contribution in [-0.4, -0.2) is 5.78 Å². The largest absolute Gasteiger partial charge is 0.298 e. The Labute approximate surface area is 68.2 Å². The van der Waals surface area contributed by atoms with Gasteiger partial charge in [0, 0.05) is 0 Å². The molecule has 0 aromatic rings. The SMILES string of the molecule is CC(=O)C(C)(C#N)C(C)(C)C. The molecule has 0 rings (SSSR count). The van der Waals surface area contributed by atoms with Crippen LogP contribution in [0.4, 0.5) is 0 Å². The Morgan fingerprint density at radius 2 is 1.64 bits per heavy atom. The number of carbonyl (C=O) groups excluding carboxylic acids is 1. The van der Waals surface area contributed by atoms with E-state index in [2.05, 4.69) is 6.07 Å². The molecule has 0 aliphatic rings. The van der Waals surface area contributed by atoms with Gasteiger partial charge in [-0.25, -0.2) is 0 Å². The first-order chi connectivity index (χ1) is 4.75. The average molecular weight is 153 g/mol. The van der Waals surface area contributed by atoms with Crippen molar-refractivity contribution in [2.24, 2.45) is 10.8 Å². The number of rotatable bonds is 1. The summed E-state index contributed by atoms with van der Waals surface area (Å²) in [5.74, 6) is -0.0625. The van der Waals surface area contributed by atoms with E-state index in [0.29, 0.717) is 0 Å². The highest BCUT2D eigenvalue weighted by Gasteiger charge is 2.41. The standard InChI is InChI=1S/C9H15NO/c1-7(11)9(5,6-10)8(2,3)4/h1-5H3. The van der Waals surface area contributed by atoms with Crippen LogP contribution >= 0.6 is 0 Å². The van der Waals surface area contributed by atoms with E-state index < -0.39 is 5.41 Å². The predicted molar refractivity (Wildman–Crippen MR) is 43.9 cm³/mol. The zero-order valence-corrected chi connectivity index (χ0v) is 7.86. The van der Waals surface area contributed by atoms with Gasteiger partial charge in [-0.2, -0.15) is 5.26 Å². The summed E-state index contributed by atoms with van der Waals surface area (Å²) < 4.78 is 0. The van der Waals surface area contributed by atoms with Crippen LogP contribution in [0, 0.1) is 22.2 Å². The van der Waals surface area contributed by atoms with E-state index in [1.54, 1.807) is 6.92 Å². The number of hydrogen-bond donors (Lipinski definition) is 0. The third-order valence-corrected chi connectivity index (χ3v) is 2.43. The molecule has 0 aliphatic carbocycles. The van der Waals surface area contributed by atoms with Crippen molar-refractivity contribution in [2.45, 2.75) is 34.6 Å². The van der Waals surface area contributed by atoms with Crippen molar-refractivity contribution in [3.05, 3.63) is 0 Å². The zero-order valence-electron chi connectivity index (χ0n) is 7.86. The average Bonchev–Trinajstić information content (AvgIpc) is 1.83. The van der Waals surface area contributed by atoms with Crippen molar-refractivity contribution in [2.75, 3.05) is 0 Å². The molecule has 0 bridgehead atoms. The molecule has 0 saturated carbocycles. The van der Waals surface area contributed by atoms with E-state index in [4.69, 9.17) is 5.26 Å². The van der Waals surface area contributed by atoms with Gasteiger partial charge < -0.3 is 0 Å². The van der Waals surface area contributed by atoms with E-state index >= 15 is 0 Å². The van der Waals surface area contributed by atoms with Crippen LogP contribution in [0.3, 0.4) is 0 Å². The summed E-state index contributed by atoms with van der Waals surface area (Å²) in [7, 11) is 0. The van der Waals surface area contributed by atoms with Crippen LogP contribution in [0.25, 0.3) is 0 Å². The molecule has 1 atom stereocenters. The quantitative estimate of drug-likeness (QED) is 0.579. The summed E-state index contributed by atoms with van der Waals surface area (Å²) in [4.78, 5) is 11.1. The molecule has 0 aromatic heterocycles. The van der Waals surface area contributed by atoms with Gasteiger partial charge in [-0.3, -0.25) is 4.79 Å².